The molecule has 9 nitrogen and oxygen atoms in total. The first kappa shape index (κ1) is 25.0. The Morgan fingerprint density at radius 2 is 1.47 bits per heavy atom. The van der Waals surface area contributed by atoms with Gasteiger partial charge in [-0.1, -0.05) is 18.2 Å². The maximum atomic E-state index is 13.4. The van der Waals surface area contributed by atoms with Crippen LogP contribution in [0, 0.1) is 0 Å². The molecule has 2 aliphatic rings. The van der Waals surface area contributed by atoms with Crippen molar-refractivity contribution in [2.24, 2.45) is 0 Å². The van der Waals surface area contributed by atoms with Crippen molar-refractivity contribution in [3.63, 3.8) is 0 Å². The second kappa shape index (κ2) is 10.0. The minimum atomic E-state index is -0.533. The minimum absolute atomic E-state index is 0.00953. The fraction of sp³-hybridized carbons (Fsp3) is 0.241. The van der Waals surface area contributed by atoms with E-state index in [9.17, 15) is 9.59 Å². The van der Waals surface area contributed by atoms with Gasteiger partial charge in [0, 0.05) is 22.6 Å². The third-order valence-corrected chi connectivity index (χ3v) is 6.61. The quantitative estimate of drug-likeness (QED) is 0.248. The van der Waals surface area contributed by atoms with Crippen LogP contribution < -0.4 is 33.2 Å². The summed E-state index contributed by atoms with van der Waals surface area (Å²) < 4.78 is 39.3. The Bertz CT molecular complexity index is 1470. The van der Waals surface area contributed by atoms with Crippen molar-refractivity contribution in [1.29, 1.82) is 0 Å². The van der Waals surface area contributed by atoms with Crippen LogP contribution in [0.4, 0.5) is 0 Å². The smallest absolute Gasteiger partial charge is 0.312 e. The molecule has 0 N–H and O–H groups in total. The predicted molar refractivity (Wildman–Crippen MR) is 137 cm³/mol. The zero-order valence-corrected chi connectivity index (χ0v) is 21.6. The Morgan fingerprint density at radius 3 is 2.16 bits per heavy atom. The molecule has 196 valence electrons. The van der Waals surface area contributed by atoms with Gasteiger partial charge in [0.15, 0.2) is 28.8 Å². The number of ether oxygens (including phenoxy) is 7. The minimum Gasteiger partial charge on any atom is -0.493 e. The van der Waals surface area contributed by atoms with Crippen LogP contribution in [0.5, 0.6) is 40.2 Å². The molecule has 0 saturated carbocycles. The number of allylic oxidation sites excluding steroid dienone is 1. The maximum Gasteiger partial charge on any atom is 0.312 e. The number of rotatable bonds is 7. The second-order valence-corrected chi connectivity index (χ2v) is 8.53. The van der Waals surface area contributed by atoms with Gasteiger partial charge < -0.3 is 33.2 Å². The molecule has 5 rings (SSSR count). The van der Waals surface area contributed by atoms with Crippen LogP contribution >= 0.6 is 0 Å². The largest absolute Gasteiger partial charge is 0.493 e. The SMILES string of the molecule is COc1cccc(/C=C2\Oc3c(ccc4c3C(c3ccc(OC)c(OC)c3OC)CC(=O)O4)C2=O)c1OC. The molecule has 2 aliphatic heterocycles. The molecule has 3 aromatic rings. The van der Waals surface area contributed by atoms with Crippen LogP contribution in [-0.4, -0.2) is 47.3 Å². The molecule has 1 atom stereocenters. The van der Waals surface area contributed by atoms with Crippen molar-refractivity contribution < 1.29 is 42.7 Å². The van der Waals surface area contributed by atoms with Crippen molar-refractivity contribution in [1.82, 2.24) is 0 Å². The fourth-order valence-electron chi connectivity index (χ4n) is 4.94. The third kappa shape index (κ3) is 3.96. The molecule has 0 radical (unpaired) electrons. The van der Waals surface area contributed by atoms with E-state index in [2.05, 4.69) is 0 Å². The van der Waals surface area contributed by atoms with Crippen molar-refractivity contribution in [2.45, 2.75) is 12.3 Å². The van der Waals surface area contributed by atoms with Gasteiger partial charge in [0.2, 0.25) is 11.5 Å². The van der Waals surface area contributed by atoms with E-state index in [1.165, 1.54) is 35.5 Å². The third-order valence-electron chi connectivity index (χ3n) is 6.61. The molecule has 0 aliphatic carbocycles. The van der Waals surface area contributed by atoms with E-state index in [0.29, 0.717) is 62.5 Å². The van der Waals surface area contributed by atoms with Crippen molar-refractivity contribution in [2.75, 3.05) is 35.5 Å². The van der Waals surface area contributed by atoms with E-state index >= 15 is 0 Å². The van der Waals surface area contributed by atoms with Gasteiger partial charge in [0.1, 0.15) is 11.5 Å². The number of carbonyl (C=O) groups is 2. The Labute approximate surface area is 219 Å². The van der Waals surface area contributed by atoms with Crippen LogP contribution in [0.3, 0.4) is 0 Å². The molecule has 38 heavy (non-hydrogen) atoms. The van der Waals surface area contributed by atoms with Gasteiger partial charge in [0.25, 0.3) is 0 Å². The molecule has 1 unspecified atom stereocenters. The summed E-state index contributed by atoms with van der Waals surface area (Å²) in [5.41, 5.74) is 2.21. The van der Waals surface area contributed by atoms with E-state index < -0.39 is 11.9 Å². The van der Waals surface area contributed by atoms with Crippen molar-refractivity contribution in [3.8, 4) is 40.2 Å². The van der Waals surface area contributed by atoms with Crippen LogP contribution in [-0.2, 0) is 4.79 Å². The van der Waals surface area contributed by atoms with Crippen LogP contribution in [0.1, 0.15) is 39.4 Å². The molecule has 0 amide bonds. The fourth-order valence-corrected chi connectivity index (χ4v) is 4.94. The summed E-state index contributed by atoms with van der Waals surface area (Å²) in [5.74, 6) is 1.78. The molecule has 0 saturated heterocycles. The lowest BCUT2D eigenvalue weighted by Crippen LogP contribution is -2.22. The first-order chi connectivity index (χ1) is 18.4. The van der Waals surface area contributed by atoms with Gasteiger partial charge >= 0.3 is 5.97 Å². The molecular weight excluding hydrogens is 492 g/mol. The highest BCUT2D eigenvalue weighted by molar-refractivity contribution is 6.15. The summed E-state index contributed by atoms with van der Waals surface area (Å²) in [6.07, 6.45) is 1.62. The molecule has 0 fully saturated rings. The first-order valence-corrected chi connectivity index (χ1v) is 11.8. The number of para-hydroxylation sites is 1. The normalized spacial score (nSPS) is 16.8. The number of esters is 1. The van der Waals surface area contributed by atoms with Gasteiger partial charge in [-0.15, -0.1) is 0 Å². The molecule has 0 bridgehead atoms. The van der Waals surface area contributed by atoms with E-state index in [4.69, 9.17) is 33.2 Å². The van der Waals surface area contributed by atoms with Crippen LogP contribution in [0.2, 0.25) is 0 Å². The monoisotopic (exact) mass is 518 g/mol. The lowest BCUT2D eigenvalue weighted by molar-refractivity contribution is -0.135. The molecule has 0 spiro atoms. The zero-order chi connectivity index (χ0) is 27.0. The number of hydrogen-bond donors (Lipinski definition) is 0. The summed E-state index contributed by atoms with van der Waals surface area (Å²) in [6, 6.07) is 12.1. The van der Waals surface area contributed by atoms with Crippen molar-refractivity contribution in [3.05, 3.63) is 70.5 Å². The topological polar surface area (TPSA) is 98.8 Å². The number of ketones is 1. The number of methoxy groups -OCH3 is 5. The van der Waals surface area contributed by atoms with E-state index in [1.54, 1.807) is 48.5 Å². The number of Topliss-reactive ketones (excluding diaryl/α,β-unsaturated/α-hetero) is 1. The van der Waals surface area contributed by atoms with Gasteiger partial charge in [-0.05, 0) is 30.3 Å². The average molecular weight is 519 g/mol. The lowest BCUT2D eigenvalue weighted by atomic mass is 9.84. The Kier molecular flexibility index (Phi) is 6.59. The number of carbonyl (C=O) groups excluding carboxylic acids is 2. The Hall–Kier alpha value is -4.66. The summed E-state index contributed by atoms with van der Waals surface area (Å²) in [5, 5.41) is 0. The van der Waals surface area contributed by atoms with Crippen LogP contribution in [0.25, 0.3) is 6.08 Å². The van der Waals surface area contributed by atoms with E-state index in [0.717, 1.165) is 0 Å². The van der Waals surface area contributed by atoms with Gasteiger partial charge in [-0.25, -0.2) is 0 Å². The summed E-state index contributed by atoms with van der Waals surface area (Å²) >= 11 is 0. The molecular formula is C29H26O9. The van der Waals surface area contributed by atoms with E-state index in [1.807, 2.05) is 0 Å². The summed E-state index contributed by atoms with van der Waals surface area (Å²) in [6.45, 7) is 0. The second-order valence-electron chi connectivity index (χ2n) is 8.53. The lowest BCUT2D eigenvalue weighted by Gasteiger charge is -2.28. The number of benzene rings is 3. The predicted octanol–water partition coefficient (Wildman–Crippen LogP) is 4.79. The standard InChI is InChI=1S/C29H26O9/c1-32-20-8-6-7-15(26(20)34-3)13-22-25(31)17-10-11-19-24(27(17)38-22)18(14-23(30)37-19)16-9-12-21(33-2)29(36-5)28(16)35-4/h6-13,18H,14H2,1-5H3/b22-13-. The molecule has 2 heterocycles. The first-order valence-electron chi connectivity index (χ1n) is 11.8. The Morgan fingerprint density at radius 1 is 0.763 bits per heavy atom. The van der Waals surface area contributed by atoms with Gasteiger partial charge in [-0.2, -0.15) is 0 Å². The molecule has 9 heteroatoms. The van der Waals surface area contributed by atoms with Crippen molar-refractivity contribution >= 4 is 17.8 Å². The maximum absolute atomic E-state index is 13.4. The van der Waals surface area contributed by atoms with Crippen LogP contribution in [0.15, 0.2) is 48.2 Å². The van der Waals surface area contributed by atoms with Gasteiger partial charge in [-0.3, -0.25) is 9.59 Å². The zero-order valence-electron chi connectivity index (χ0n) is 21.6. The number of fused-ring (bicyclic) bond motifs is 3. The average Bonchev–Trinajstić information content (AvgIpc) is 3.25. The van der Waals surface area contributed by atoms with E-state index in [-0.39, 0.29) is 18.0 Å². The van der Waals surface area contributed by atoms with Gasteiger partial charge in [0.05, 0.1) is 47.5 Å². The highest BCUT2D eigenvalue weighted by atomic mass is 16.5. The Balaban J connectivity index is 1.65. The number of hydrogen-bond acceptors (Lipinski definition) is 9. The molecule has 0 aromatic heterocycles. The molecule has 3 aromatic carbocycles. The highest BCUT2D eigenvalue weighted by Gasteiger charge is 2.40. The highest BCUT2D eigenvalue weighted by Crippen LogP contribution is 2.53. The summed E-state index contributed by atoms with van der Waals surface area (Å²) in [4.78, 5) is 26.0. The summed E-state index contributed by atoms with van der Waals surface area (Å²) in [7, 11) is 7.62.